The lowest BCUT2D eigenvalue weighted by molar-refractivity contribution is -0.510. The molecule has 23 heavy (non-hydrogen) atoms. The normalized spacial score (nSPS) is 12.9. The van der Waals surface area contributed by atoms with E-state index in [0.717, 1.165) is 3.57 Å². The van der Waals surface area contributed by atoms with Crippen molar-refractivity contribution in [2.75, 3.05) is 0 Å². The number of carbonyl (C=O) groups excluding carboxylic acids is 1. The lowest BCUT2D eigenvalue weighted by atomic mass is 9.86. The Balaban J connectivity index is 2.34. The van der Waals surface area contributed by atoms with Crippen molar-refractivity contribution in [1.82, 2.24) is 0 Å². The predicted octanol–water partition coefficient (Wildman–Crippen LogP) is 3.82. The molecule has 2 rings (SSSR count). The molecule has 0 unspecified atom stereocenters. The molecule has 0 aliphatic rings. The Hall–Kier alpha value is -2.27. The number of nitrogens with zero attached hydrogens (tertiary/aromatic N) is 2. The van der Waals surface area contributed by atoms with E-state index in [4.69, 9.17) is 5.26 Å². The van der Waals surface area contributed by atoms with Gasteiger partial charge < -0.3 is 0 Å². The highest BCUT2D eigenvalue weighted by Gasteiger charge is 2.34. The van der Waals surface area contributed by atoms with Gasteiger partial charge in [0.2, 0.25) is 0 Å². The van der Waals surface area contributed by atoms with Crippen LogP contribution in [0.4, 0.5) is 0 Å². The highest BCUT2D eigenvalue weighted by atomic mass is 127. The summed E-state index contributed by atoms with van der Waals surface area (Å²) in [5.74, 6) is -0.990. The molecule has 0 saturated heterocycles. The molecular weight excluding hydrogens is 407 g/mol. The third-order valence-corrected chi connectivity index (χ3v) is 4.26. The number of benzene rings is 2. The monoisotopic (exact) mass is 420 g/mol. The van der Waals surface area contributed by atoms with E-state index in [1.807, 2.05) is 12.1 Å². The second kappa shape index (κ2) is 7.83. The molecule has 0 fully saturated rings. The average Bonchev–Trinajstić information content (AvgIpc) is 2.56. The summed E-state index contributed by atoms with van der Waals surface area (Å²) in [7, 11) is 0. The third-order valence-electron chi connectivity index (χ3n) is 3.54. The Kier molecular flexibility index (Phi) is 5.82. The van der Waals surface area contributed by atoms with E-state index < -0.39 is 16.9 Å². The van der Waals surface area contributed by atoms with Gasteiger partial charge in [0.1, 0.15) is 6.07 Å². The van der Waals surface area contributed by atoms with E-state index in [9.17, 15) is 14.9 Å². The highest BCUT2D eigenvalue weighted by Crippen LogP contribution is 2.27. The summed E-state index contributed by atoms with van der Waals surface area (Å²) in [6.07, 6.45) is -0.0796. The van der Waals surface area contributed by atoms with E-state index in [-0.39, 0.29) is 12.2 Å². The molecule has 116 valence electrons. The first-order valence-corrected chi connectivity index (χ1v) is 7.97. The molecule has 0 saturated carbocycles. The molecule has 0 aliphatic carbocycles. The van der Waals surface area contributed by atoms with Crippen LogP contribution in [-0.2, 0) is 0 Å². The Bertz CT molecular complexity index is 739. The van der Waals surface area contributed by atoms with Crippen molar-refractivity contribution in [1.29, 1.82) is 5.26 Å². The fourth-order valence-corrected chi connectivity index (χ4v) is 2.71. The van der Waals surface area contributed by atoms with Crippen molar-refractivity contribution in [2.24, 2.45) is 0 Å². The molecule has 0 amide bonds. The van der Waals surface area contributed by atoms with Crippen LogP contribution in [-0.4, -0.2) is 16.7 Å². The number of rotatable bonds is 6. The zero-order valence-corrected chi connectivity index (χ0v) is 14.2. The van der Waals surface area contributed by atoms with E-state index in [1.165, 1.54) is 0 Å². The molecule has 0 bridgehead atoms. The van der Waals surface area contributed by atoms with Crippen molar-refractivity contribution >= 4 is 28.4 Å². The number of nitro groups is 1. The second-order valence-electron chi connectivity index (χ2n) is 5.01. The summed E-state index contributed by atoms with van der Waals surface area (Å²) in [5.41, 5.74) is 1.11. The molecule has 0 N–H and O–H groups in total. The first-order valence-electron chi connectivity index (χ1n) is 6.89. The van der Waals surface area contributed by atoms with Crippen molar-refractivity contribution in [2.45, 2.75) is 18.4 Å². The highest BCUT2D eigenvalue weighted by molar-refractivity contribution is 14.1. The number of halogens is 1. The maximum absolute atomic E-state index is 12.4. The van der Waals surface area contributed by atoms with Gasteiger partial charge in [0, 0.05) is 20.5 Å². The molecule has 2 aromatic carbocycles. The summed E-state index contributed by atoms with van der Waals surface area (Å²) in [6, 6.07) is 16.0. The maximum Gasteiger partial charge on any atom is 0.303 e. The van der Waals surface area contributed by atoms with Crippen LogP contribution in [0.5, 0.6) is 0 Å². The Morgan fingerprint density at radius 3 is 2.30 bits per heavy atom. The molecule has 0 spiro atoms. The number of ketones is 1. The zero-order chi connectivity index (χ0) is 16.8. The lowest BCUT2D eigenvalue weighted by Gasteiger charge is -2.16. The summed E-state index contributed by atoms with van der Waals surface area (Å²) < 4.78 is 0.981. The van der Waals surface area contributed by atoms with Crippen LogP contribution in [0.1, 0.15) is 28.3 Å². The Morgan fingerprint density at radius 1 is 1.17 bits per heavy atom. The van der Waals surface area contributed by atoms with Gasteiger partial charge in [-0.05, 0) is 40.3 Å². The van der Waals surface area contributed by atoms with Gasteiger partial charge in [-0.15, -0.1) is 0 Å². The SMILES string of the molecule is N#C[C@@H]([C@@H](CC(=O)c1ccccc1)c1ccc(I)cc1)[N+](=O)[O-]. The summed E-state index contributed by atoms with van der Waals surface area (Å²) in [5, 5.41) is 20.4. The van der Waals surface area contributed by atoms with Crippen molar-refractivity contribution in [3.63, 3.8) is 0 Å². The van der Waals surface area contributed by atoms with Crippen molar-refractivity contribution in [3.05, 3.63) is 79.4 Å². The van der Waals surface area contributed by atoms with Gasteiger partial charge in [-0.25, -0.2) is 0 Å². The molecule has 0 aliphatic heterocycles. The number of carbonyl (C=O) groups is 1. The van der Waals surface area contributed by atoms with E-state index in [1.54, 1.807) is 48.5 Å². The van der Waals surface area contributed by atoms with Gasteiger partial charge in [-0.1, -0.05) is 42.5 Å². The Labute approximate surface area is 147 Å². The van der Waals surface area contributed by atoms with Crippen molar-refractivity contribution < 1.29 is 9.72 Å². The zero-order valence-electron chi connectivity index (χ0n) is 12.1. The summed E-state index contributed by atoms with van der Waals surface area (Å²) >= 11 is 2.13. The van der Waals surface area contributed by atoms with Crippen LogP contribution in [0.15, 0.2) is 54.6 Å². The van der Waals surface area contributed by atoms with Crippen LogP contribution >= 0.6 is 22.6 Å². The number of Topliss-reactive ketones (excluding diaryl/α,β-unsaturated/α-hetero) is 1. The van der Waals surface area contributed by atoms with Crippen LogP contribution in [0, 0.1) is 25.0 Å². The number of hydrogen-bond acceptors (Lipinski definition) is 4. The van der Waals surface area contributed by atoms with Gasteiger partial charge in [0.15, 0.2) is 5.78 Å². The molecule has 2 aromatic rings. The maximum atomic E-state index is 12.4. The average molecular weight is 420 g/mol. The molecule has 2 atom stereocenters. The first kappa shape index (κ1) is 17.1. The molecule has 5 nitrogen and oxygen atoms in total. The van der Waals surface area contributed by atoms with Crippen LogP contribution in [0.3, 0.4) is 0 Å². The minimum absolute atomic E-state index is 0.0796. The van der Waals surface area contributed by atoms with Gasteiger partial charge in [0.25, 0.3) is 0 Å². The molecular formula is C17H13IN2O3. The van der Waals surface area contributed by atoms with Gasteiger partial charge in [-0.2, -0.15) is 5.26 Å². The minimum Gasteiger partial charge on any atom is -0.294 e. The van der Waals surface area contributed by atoms with Crippen LogP contribution < -0.4 is 0 Å². The van der Waals surface area contributed by atoms with Crippen LogP contribution in [0.2, 0.25) is 0 Å². The fourth-order valence-electron chi connectivity index (χ4n) is 2.35. The second-order valence-corrected chi connectivity index (χ2v) is 6.26. The third kappa shape index (κ3) is 4.36. The number of hydrogen-bond donors (Lipinski definition) is 0. The smallest absolute Gasteiger partial charge is 0.294 e. The fraction of sp³-hybridized carbons (Fsp3) is 0.176. The quantitative estimate of drug-likeness (QED) is 0.308. The predicted molar refractivity (Wildman–Crippen MR) is 93.7 cm³/mol. The van der Waals surface area contributed by atoms with Gasteiger partial charge >= 0.3 is 6.04 Å². The molecule has 6 heteroatoms. The molecule has 0 aromatic heterocycles. The minimum atomic E-state index is -1.46. The Morgan fingerprint density at radius 2 is 1.78 bits per heavy atom. The number of nitriles is 1. The topological polar surface area (TPSA) is 84.0 Å². The van der Waals surface area contributed by atoms with Crippen LogP contribution in [0.25, 0.3) is 0 Å². The van der Waals surface area contributed by atoms with E-state index in [2.05, 4.69) is 22.6 Å². The standard InChI is InChI=1S/C17H13IN2O3/c18-14-8-6-12(7-9-14)15(16(11-19)20(22)23)10-17(21)13-4-2-1-3-5-13/h1-9,15-16H,10H2/t15-,16-/m0/s1. The molecule has 0 heterocycles. The lowest BCUT2D eigenvalue weighted by Crippen LogP contribution is -2.28. The summed E-state index contributed by atoms with van der Waals surface area (Å²) in [6.45, 7) is 0. The van der Waals surface area contributed by atoms with E-state index >= 15 is 0 Å². The van der Waals surface area contributed by atoms with Gasteiger partial charge in [-0.3, -0.25) is 14.9 Å². The van der Waals surface area contributed by atoms with E-state index in [0.29, 0.717) is 11.1 Å². The largest absolute Gasteiger partial charge is 0.303 e. The summed E-state index contributed by atoms with van der Waals surface area (Å²) in [4.78, 5) is 23.0. The van der Waals surface area contributed by atoms with Gasteiger partial charge in [0.05, 0.1) is 5.92 Å². The van der Waals surface area contributed by atoms with Crippen molar-refractivity contribution in [3.8, 4) is 6.07 Å². The molecule has 0 radical (unpaired) electrons. The first-order chi connectivity index (χ1) is 11.0.